The van der Waals surface area contributed by atoms with E-state index in [0.717, 1.165) is 5.56 Å². The van der Waals surface area contributed by atoms with Gasteiger partial charge in [0.1, 0.15) is 11.5 Å². The van der Waals surface area contributed by atoms with Gasteiger partial charge in [-0.15, -0.1) is 0 Å². The highest BCUT2D eigenvalue weighted by Gasteiger charge is 2.37. The molecule has 0 saturated heterocycles. The van der Waals surface area contributed by atoms with E-state index in [0.29, 0.717) is 23.7 Å². The zero-order valence-corrected chi connectivity index (χ0v) is 11.7. The van der Waals surface area contributed by atoms with Crippen LogP contribution in [0, 0.1) is 0 Å². The standard InChI is InChI=1S/C14H17NO5/c1-8(16)15-7-9(6-12(17)18)13-10(19-2)4-5-11(20-3)14(13)15/h4-5,9H,6-7H2,1-3H3,(H,17,18). The molecule has 0 bridgehead atoms. The Bertz CT molecular complexity index is 555. The zero-order chi connectivity index (χ0) is 14.9. The highest BCUT2D eigenvalue weighted by molar-refractivity contribution is 5.97. The Morgan fingerprint density at radius 1 is 1.30 bits per heavy atom. The van der Waals surface area contributed by atoms with E-state index in [1.54, 1.807) is 17.0 Å². The minimum absolute atomic E-state index is 0.0553. The number of methoxy groups -OCH3 is 2. The van der Waals surface area contributed by atoms with Gasteiger partial charge in [-0.1, -0.05) is 0 Å². The molecular weight excluding hydrogens is 262 g/mol. The summed E-state index contributed by atoms with van der Waals surface area (Å²) in [7, 11) is 3.04. The fraction of sp³-hybridized carbons (Fsp3) is 0.429. The van der Waals surface area contributed by atoms with Crippen LogP contribution in [-0.4, -0.2) is 37.7 Å². The Kier molecular flexibility index (Phi) is 3.83. The number of rotatable bonds is 4. The van der Waals surface area contributed by atoms with Gasteiger partial charge in [0, 0.05) is 24.9 Å². The van der Waals surface area contributed by atoms with Crippen LogP contribution in [-0.2, 0) is 9.59 Å². The molecule has 0 aliphatic carbocycles. The van der Waals surface area contributed by atoms with Crippen molar-refractivity contribution in [1.29, 1.82) is 0 Å². The monoisotopic (exact) mass is 279 g/mol. The van der Waals surface area contributed by atoms with Crippen molar-refractivity contribution in [3.05, 3.63) is 17.7 Å². The maximum absolute atomic E-state index is 11.8. The number of anilines is 1. The molecule has 2 rings (SSSR count). The summed E-state index contributed by atoms with van der Waals surface area (Å²) in [5, 5.41) is 9.04. The normalized spacial score (nSPS) is 16.8. The van der Waals surface area contributed by atoms with E-state index < -0.39 is 5.97 Å². The molecule has 1 unspecified atom stereocenters. The van der Waals surface area contributed by atoms with Crippen molar-refractivity contribution < 1.29 is 24.2 Å². The van der Waals surface area contributed by atoms with Crippen molar-refractivity contribution in [3.63, 3.8) is 0 Å². The average molecular weight is 279 g/mol. The number of carbonyl (C=O) groups is 2. The van der Waals surface area contributed by atoms with Gasteiger partial charge < -0.3 is 19.5 Å². The third-order valence-electron chi connectivity index (χ3n) is 3.46. The second-order valence-electron chi connectivity index (χ2n) is 4.66. The summed E-state index contributed by atoms with van der Waals surface area (Å²) in [6.07, 6.45) is -0.0553. The Morgan fingerprint density at radius 2 is 1.90 bits per heavy atom. The fourth-order valence-corrected chi connectivity index (χ4v) is 2.65. The van der Waals surface area contributed by atoms with Gasteiger partial charge in [-0.25, -0.2) is 0 Å². The van der Waals surface area contributed by atoms with Crippen molar-refractivity contribution >= 4 is 17.6 Å². The Morgan fingerprint density at radius 3 is 2.40 bits per heavy atom. The van der Waals surface area contributed by atoms with Crippen LogP contribution in [0.2, 0.25) is 0 Å². The van der Waals surface area contributed by atoms with Crippen LogP contribution in [0.5, 0.6) is 11.5 Å². The number of carboxylic acid groups (broad SMARTS) is 1. The molecule has 6 heteroatoms. The van der Waals surface area contributed by atoms with E-state index >= 15 is 0 Å². The minimum Gasteiger partial charge on any atom is -0.496 e. The van der Waals surface area contributed by atoms with Crippen LogP contribution in [0.15, 0.2) is 12.1 Å². The van der Waals surface area contributed by atoms with Crippen molar-refractivity contribution in [3.8, 4) is 11.5 Å². The summed E-state index contributed by atoms with van der Waals surface area (Å²) in [4.78, 5) is 24.4. The second kappa shape index (κ2) is 5.40. The number of benzene rings is 1. The minimum atomic E-state index is -0.906. The molecule has 0 aromatic heterocycles. The molecule has 0 fully saturated rings. The fourth-order valence-electron chi connectivity index (χ4n) is 2.65. The summed E-state index contributed by atoms with van der Waals surface area (Å²) in [5.74, 6) is -0.224. The lowest BCUT2D eigenvalue weighted by Gasteiger charge is -2.18. The summed E-state index contributed by atoms with van der Waals surface area (Å²) in [6.45, 7) is 1.78. The summed E-state index contributed by atoms with van der Waals surface area (Å²) in [5.41, 5.74) is 1.34. The average Bonchev–Trinajstić information content (AvgIpc) is 2.77. The van der Waals surface area contributed by atoms with Crippen molar-refractivity contribution in [1.82, 2.24) is 0 Å². The van der Waals surface area contributed by atoms with E-state index in [4.69, 9.17) is 14.6 Å². The molecule has 6 nitrogen and oxygen atoms in total. The Balaban J connectivity index is 2.60. The van der Waals surface area contributed by atoms with Crippen LogP contribution < -0.4 is 14.4 Å². The lowest BCUT2D eigenvalue weighted by molar-refractivity contribution is -0.137. The van der Waals surface area contributed by atoms with E-state index in [1.165, 1.54) is 21.1 Å². The molecule has 1 aliphatic rings. The van der Waals surface area contributed by atoms with Gasteiger partial charge in [-0.05, 0) is 12.1 Å². The molecule has 1 atom stereocenters. The number of carboxylic acids is 1. The Labute approximate surface area is 116 Å². The zero-order valence-electron chi connectivity index (χ0n) is 11.7. The molecule has 20 heavy (non-hydrogen) atoms. The largest absolute Gasteiger partial charge is 0.496 e. The van der Waals surface area contributed by atoms with E-state index in [-0.39, 0.29) is 18.2 Å². The molecule has 1 aromatic carbocycles. The van der Waals surface area contributed by atoms with Crippen LogP contribution in [0.25, 0.3) is 0 Å². The van der Waals surface area contributed by atoms with E-state index in [1.807, 2.05) is 0 Å². The molecular formula is C14H17NO5. The van der Waals surface area contributed by atoms with Crippen LogP contribution in [0.4, 0.5) is 5.69 Å². The molecule has 0 spiro atoms. The number of carbonyl (C=O) groups excluding carboxylic acids is 1. The number of fused-ring (bicyclic) bond motifs is 1. The molecule has 108 valence electrons. The van der Waals surface area contributed by atoms with Gasteiger partial charge in [-0.3, -0.25) is 9.59 Å². The molecule has 0 saturated carbocycles. The predicted octanol–water partition coefficient (Wildman–Crippen LogP) is 1.63. The third kappa shape index (κ3) is 2.29. The molecule has 0 radical (unpaired) electrons. The number of aliphatic carboxylic acids is 1. The van der Waals surface area contributed by atoms with Gasteiger partial charge in [-0.2, -0.15) is 0 Å². The number of amides is 1. The quantitative estimate of drug-likeness (QED) is 0.906. The number of hydrogen-bond acceptors (Lipinski definition) is 4. The second-order valence-corrected chi connectivity index (χ2v) is 4.66. The lowest BCUT2D eigenvalue weighted by Crippen LogP contribution is -2.27. The SMILES string of the molecule is COc1ccc(OC)c2c1C(CC(=O)O)CN2C(C)=O. The predicted molar refractivity (Wildman–Crippen MR) is 72.6 cm³/mol. The van der Waals surface area contributed by atoms with Crippen LogP contribution >= 0.6 is 0 Å². The first kappa shape index (κ1) is 14.2. The molecule has 1 aliphatic heterocycles. The van der Waals surface area contributed by atoms with Gasteiger partial charge in [0.2, 0.25) is 5.91 Å². The highest BCUT2D eigenvalue weighted by atomic mass is 16.5. The smallest absolute Gasteiger partial charge is 0.304 e. The summed E-state index contributed by atoms with van der Waals surface area (Å²) < 4.78 is 10.6. The van der Waals surface area contributed by atoms with Gasteiger partial charge in [0.15, 0.2) is 0 Å². The van der Waals surface area contributed by atoms with Crippen molar-refractivity contribution in [2.75, 3.05) is 25.7 Å². The molecule has 1 heterocycles. The van der Waals surface area contributed by atoms with Crippen LogP contribution in [0.3, 0.4) is 0 Å². The first-order valence-electron chi connectivity index (χ1n) is 6.24. The first-order valence-corrected chi connectivity index (χ1v) is 6.24. The first-order chi connectivity index (χ1) is 9.49. The highest BCUT2D eigenvalue weighted by Crippen LogP contribution is 2.48. The molecule has 1 N–H and O–H groups in total. The van der Waals surface area contributed by atoms with E-state index in [9.17, 15) is 9.59 Å². The molecule has 1 aromatic rings. The van der Waals surface area contributed by atoms with Gasteiger partial charge in [0.05, 0.1) is 26.3 Å². The lowest BCUT2D eigenvalue weighted by atomic mass is 9.96. The number of nitrogens with zero attached hydrogens (tertiary/aromatic N) is 1. The third-order valence-corrected chi connectivity index (χ3v) is 3.46. The number of hydrogen-bond donors (Lipinski definition) is 1. The van der Waals surface area contributed by atoms with Crippen molar-refractivity contribution in [2.45, 2.75) is 19.3 Å². The molecule has 1 amide bonds. The maximum Gasteiger partial charge on any atom is 0.304 e. The Hall–Kier alpha value is -2.24. The van der Waals surface area contributed by atoms with Gasteiger partial charge >= 0.3 is 5.97 Å². The van der Waals surface area contributed by atoms with Gasteiger partial charge in [0.25, 0.3) is 0 Å². The van der Waals surface area contributed by atoms with Crippen LogP contribution in [0.1, 0.15) is 24.8 Å². The summed E-state index contributed by atoms with van der Waals surface area (Å²) >= 11 is 0. The van der Waals surface area contributed by atoms with Crippen molar-refractivity contribution in [2.24, 2.45) is 0 Å². The van der Waals surface area contributed by atoms with E-state index in [2.05, 4.69) is 0 Å². The topological polar surface area (TPSA) is 76.1 Å². The summed E-state index contributed by atoms with van der Waals surface area (Å²) in [6, 6.07) is 3.45. The number of ether oxygens (including phenoxy) is 2. The maximum atomic E-state index is 11.8.